The van der Waals surface area contributed by atoms with Crippen LogP contribution in [0.4, 0.5) is 13.2 Å². The van der Waals surface area contributed by atoms with Gasteiger partial charge in [-0.25, -0.2) is 9.50 Å². The van der Waals surface area contributed by atoms with Crippen LogP contribution in [0.2, 0.25) is 0 Å². The van der Waals surface area contributed by atoms with E-state index in [9.17, 15) is 23.1 Å². The number of rotatable bonds is 2. The van der Waals surface area contributed by atoms with Crippen molar-refractivity contribution in [3.8, 4) is 11.3 Å². The highest BCUT2D eigenvalue weighted by atomic mass is 32.2. The Bertz CT molecular complexity index is 1060. The number of nitrogens with zero attached hydrogens (tertiary/aromatic N) is 4. The van der Waals surface area contributed by atoms with Gasteiger partial charge in [0.2, 0.25) is 0 Å². The number of benzene rings is 1. The highest BCUT2D eigenvalue weighted by Crippen LogP contribution is 2.32. The molecule has 1 aliphatic rings. The van der Waals surface area contributed by atoms with Gasteiger partial charge in [0, 0.05) is 30.5 Å². The van der Waals surface area contributed by atoms with E-state index in [0.29, 0.717) is 28.8 Å². The van der Waals surface area contributed by atoms with Crippen LogP contribution < -0.4 is 0 Å². The van der Waals surface area contributed by atoms with E-state index in [-0.39, 0.29) is 23.6 Å². The minimum Gasteiger partial charge on any atom is -0.391 e. The molecule has 1 aliphatic heterocycles. The number of β-amino-alcohol motifs (C(OH)–C–C–N with tert-alkyl or cyclic N) is 1. The Balaban J connectivity index is 1.76. The van der Waals surface area contributed by atoms with Crippen molar-refractivity contribution in [2.75, 3.05) is 24.6 Å². The summed E-state index contributed by atoms with van der Waals surface area (Å²) in [5, 5.41) is 14.0. The Labute approximate surface area is 174 Å². The van der Waals surface area contributed by atoms with Crippen LogP contribution in [-0.2, 0) is 6.18 Å². The van der Waals surface area contributed by atoms with Gasteiger partial charge in [0.1, 0.15) is 0 Å². The molecule has 30 heavy (non-hydrogen) atoms. The predicted octanol–water partition coefficient (Wildman–Crippen LogP) is 3.36. The first kappa shape index (κ1) is 20.7. The Morgan fingerprint density at radius 3 is 2.67 bits per heavy atom. The maximum absolute atomic E-state index is 13.7. The standard InChI is InChI=1S/C20H19F3N4O2S/c21-20(22,23)17-10-15(13-4-2-1-3-5-13)24-18-11-16(25-27(17)18)19(29)26-7-9-30-8-6-14(28)12-26/h1-5,10-11,14,28H,6-9,12H2. The Hall–Kier alpha value is -2.59. The molecule has 1 N–H and O–H groups in total. The van der Waals surface area contributed by atoms with Gasteiger partial charge in [-0.3, -0.25) is 4.79 Å². The largest absolute Gasteiger partial charge is 0.433 e. The van der Waals surface area contributed by atoms with Crippen LogP contribution in [0.3, 0.4) is 0 Å². The molecular weight excluding hydrogens is 417 g/mol. The maximum atomic E-state index is 13.7. The third kappa shape index (κ3) is 4.29. The van der Waals surface area contributed by atoms with Gasteiger partial charge in [0.15, 0.2) is 17.0 Å². The lowest BCUT2D eigenvalue weighted by molar-refractivity contribution is -0.142. The summed E-state index contributed by atoms with van der Waals surface area (Å²) in [5.41, 5.74) is -0.519. The van der Waals surface area contributed by atoms with Crippen LogP contribution in [0.15, 0.2) is 42.5 Å². The number of thioether (sulfide) groups is 1. The fraction of sp³-hybridized carbons (Fsp3) is 0.350. The minimum atomic E-state index is -4.68. The van der Waals surface area contributed by atoms with Crippen LogP contribution in [0, 0.1) is 0 Å². The zero-order valence-electron chi connectivity index (χ0n) is 15.8. The first-order valence-corrected chi connectivity index (χ1v) is 10.6. The van der Waals surface area contributed by atoms with Crippen molar-refractivity contribution in [3.05, 3.63) is 53.9 Å². The zero-order valence-corrected chi connectivity index (χ0v) is 16.7. The van der Waals surface area contributed by atoms with Crippen molar-refractivity contribution in [2.24, 2.45) is 0 Å². The molecule has 1 saturated heterocycles. The highest BCUT2D eigenvalue weighted by Gasteiger charge is 2.36. The molecule has 2 aromatic heterocycles. The second-order valence-corrected chi connectivity index (χ2v) is 8.22. The van der Waals surface area contributed by atoms with E-state index in [4.69, 9.17) is 0 Å². The number of halogens is 3. The van der Waals surface area contributed by atoms with Gasteiger partial charge in [-0.1, -0.05) is 30.3 Å². The second kappa shape index (κ2) is 8.27. The summed E-state index contributed by atoms with van der Waals surface area (Å²) in [5.74, 6) is 0.978. The molecule has 0 aliphatic carbocycles. The number of amides is 1. The zero-order chi connectivity index (χ0) is 21.3. The van der Waals surface area contributed by atoms with Gasteiger partial charge in [0.25, 0.3) is 5.91 Å². The van der Waals surface area contributed by atoms with E-state index in [0.717, 1.165) is 11.8 Å². The summed E-state index contributed by atoms with van der Waals surface area (Å²) in [7, 11) is 0. The fourth-order valence-corrected chi connectivity index (χ4v) is 4.31. The summed E-state index contributed by atoms with van der Waals surface area (Å²) in [6, 6.07) is 10.7. The normalized spacial score (nSPS) is 18.3. The molecule has 4 rings (SSSR count). The van der Waals surface area contributed by atoms with E-state index >= 15 is 0 Å². The molecule has 3 aromatic rings. The van der Waals surface area contributed by atoms with Crippen LogP contribution >= 0.6 is 11.8 Å². The summed E-state index contributed by atoms with van der Waals surface area (Å²) in [6.45, 7) is 0.519. The SMILES string of the molecule is O=C(c1cc2nc(-c3ccccc3)cc(C(F)(F)F)n2n1)N1CCSCCC(O)C1. The van der Waals surface area contributed by atoms with Crippen molar-refractivity contribution in [1.29, 1.82) is 0 Å². The Morgan fingerprint density at radius 1 is 1.17 bits per heavy atom. The maximum Gasteiger partial charge on any atom is 0.433 e. The summed E-state index contributed by atoms with van der Waals surface area (Å²) < 4.78 is 41.8. The molecular formula is C20H19F3N4O2S. The average Bonchev–Trinajstić information content (AvgIpc) is 3.13. The summed E-state index contributed by atoms with van der Waals surface area (Å²) >= 11 is 1.62. The minimum absolute atomic E-state index is 0.0611. The predicted molar refractivity (Wildman–Crippen MR) is 107 cm³/mol. The number of aliphatic hydroxyl groups excluding tert-OH is 1. The van der Waals surface area contributed by atoms with Crippen molar-refractivity contribution in [3.63, 3.8) is 0 Å². The van der Waals surface area contributed by atoms with Crippen molar-refractivity contribution in [1.82, 2.24) is 19.5 Å². The highest BCUT2D eigenvalue weighted by molar-refractivity contribution is 7.99. The van der Waals surface area contributed by atoms with E-state index in [1.807, 2.05) is 0 Å². The third-order valence-corrected chi connectivity index (χ3v) is 5.82. The van der Waals surface area contributed by atoms with Gasteiger partial charge in [-0.05, 0) is 18.2 Å². The van der Waals surface area contributed by atoms with Crippen molar-refractivity contribution < 1.29 is 23.1 Å². The van der Waals surface area contributed by atoms with Crippen LogP contribution in [0.1, 0.15) is 22.6 Å². The number of fused-ring (bicyclic) bond motifs is 1. The molecule has 1 amide bonds. The molecule has 6 nitrogen and oxygen atoms in total. The molecule has 1 fully saturated rings. The van der Waals surface area contributed by atoms with E-state index < -0.39 is 23.9 Å². The fourth-order valence-electron chi connectivity index (χ4n) is 3.32. The molecule has 0 saturated carbocycles. The summed E-state index contributed by atoms with van der Waals surface area (Å²) in [4.78, 5) is 18.6. The quantitative estimate of drug-likeness (QED) is 0.667. The van der Waals surface area contributed by atoms with Crippen molar-refractivity contribution in [2.45, 2.75) is 18.7 Å². The van der Waals surface area contributed by atoms with Gasteiger partial charge >= 0.3 is 6.18 Å². The third-order valence-electron chi connectivity index (χ3n) is 4.83. The lowest BCUT2D eigenvalue weighted by Crippen LogP contribution is -2.40. The number of carbonyl (C=O) groups is 1. The molecule has 1 atom stereocenters. The molecule has 0 bridgehead atoms. The molecule has 0 spiro atoms. The average molecular weight is 436 g/mol. The van der Waals surface area contributed by atoms with E-state index in [1.54, 1.807) is 42.1 Å². The molecule has 3 heterocycles. The van der Waals surface area contributed by atoms with E-state index in [1.165, 1.54) is 11.0 Å². The smallest absolute Gasteiger partial charge is 0.391 e. The van der Waals surface area contributed by atoms with Gasteiger partial charge in [0.05, 0.1) is 11.8 Å². The first-order chi connectivity index (χ1) is 14.3. The molecule has 0 radical (unpaired) electrons. The van der Waals surface area contributed by atoms with Gasteiger partial charge in [-0.2, -0.15) is 30.0 Å². The molecule has 1 unspecified atom stereocenters. The van der Waals surface area contributed by atoms with Crippen LogP contribution in [-0.4, -0.2) is 61.2 Å². The number of hydrogen-bond acceptors (Lipinski definition) is 5. The van der Waals surface area contributed by atoms with Gasteiger partial charge < -0.3 is 10.0 Å². The van der Waals surface area contributed by atoms with Crippen LogP contribution in [0.5, 0.6) is 0 Å². The Kier molecular flexibility index (Phi) is 5.70. The second-order valence-electron chi connectivity index (χ2n) is 7.00. The molecule has 1 aromatic carbocycles. The van der Waals surface area contributed by atoms with Crippen molar-refractivity contribution >= 4 is 23.3 Å². The topological polar surface area (TPSA) is 70.7 Å². The monoisotopic (exact) mass is 436 g/mol. The first-order valence-electron chi connectivity index (χ1n) is 9.41. The molecule has 158 valence electrons. The van der Waals surface area contributed by atoms with Crippen LogP contribution in [0.25, 0.3) is 16.9 Å². The van der Waals surface area contributed by atoms with Gasteiger partial charge in [-0.15, -0.1) is 0 Å². The molecule has 10 heteroatoms. The lowest BCUT2D eigenvalue weighted by atomic mass is 10.1. The number of aliphatic hydroxyl groups is 1. The summed E-state index contributed by atoms with van der Waals surface area (Å²) in [6.07, 6.45) is -4.79. The number of hydrogen-bond donors (Lipinski definition) is 1. The number of aromatic nitrogens is 3. The Morgan fingerprint density at radius 2 is 1.93 bits per heavy atom. The number of carbonyl (C=O) groups excluding carboxylic acids is 1. The lowest BCUT2D eigenvalue weighted by Gasteiger charge is -2.26. The number of alkyl halides is 3. The van der Waals surface area contributed by atoms with E-state index in [2.05, 4.69) is 10.1 Å².